The molecule has 0 amide bonds. The highest BCUT2D eigenvalue weighted by atomic mass is 79.9. The number of carboxylic acids is 1. The molecule has 0 aromatic heterocycles. The highest BCUT2D eigenvalue weighted by Crippen LogP contribution is 2.28. The van der Waals surface area contributed by atoms with Crippen molar-refractivity contribution in [1.82, 2.24) is 4.31 Å². The van der Waals surface area contributed by atoms with Gasteiger partial charge >= 0.3 is 5.97 Å². The predicted octanol–water partition coefficient (Wildman–Crippen LogP) is 1.29. The Hall–Kier alpha value is -0.960. The summed E-state index contributed by atoms with van der Waals surface area (Å²) in [6.07, 6.45) is 1.30. The number of aromatic carboxylic acids is 1. The maximum absolute atomic E-state index is 12.5. The van der Waals surface area contributed by atoms with Crippen LogP contribution in [0.5, 0.6) is 0 Å². The molecule has 110 valence electrons. The van der Waals surface area contributed by atoms with Crippen molar-refractivity contribution in [1.29, 1.82) is 0 Å². The summed E-state index contributed by atoms with van der Waals surface area (Å²) in [4.78, 5) is 11.0. The average molecular weight is 364 g/mol. The molecule has 1 aromatic carbocycles. The minimum atomic E-state index is -3.78. The van der Waals surface area contributed by atoms with Crippen molar-refractivity contribution < 1.29 is 23.4 Å². The van der Waals surface area contributed by atoms with E-state index in [2.05, 4.69) is 15.9 Å². The minimum absolute atomic E-state index is 0.0709. The van der Waals surface area contributed by atoms with Gasteiger partial charge in [-0.25, -0.2) is 13.2 Å². The van der Waals surface area contributed by atoms with Crippen LogP contribution in [0.25, 0.3) is 0 Å². The fourth-order valence-electron chi connectivity index (χ4n) is 2.27. The molecule has 1 unspecified atom stereocenters. The number of aliphatic hydroxyl groups excluding tert-OH is 1. The molecule has 0 aliphatic carbocycles. The molecule has 1 fully saturated rings. The smallest absolute Gasteiger partial charge is 0.336 e. The molecule has 1 atom stereocenters. The summed E-state index contributed by atoms with van der Waals surface area (Å²) in [7, 11) is -3.78. The fourth-order valence-corrected chi connectivity index (χ4v) is 4.40. The van der Waals surface area contributed by atoms with E-state index in [1.807, 2.05) is 0 Å². The van der Waals surface area contributed by atoms with E-state index in [0.29, 0.717) is 23.9 Å². The van der Waals surface area contributed by atoms with E-state index in [0.717, 1.165) is 6.07 Å². The largest absolute Gasteiger partial charge is 0.478 e. The molecule has 1 aliphatic rings. The van der Waals surface area contributed by atoms with Crippen LogP contribution in [0.2, 0.25) is 0 Å². The number of sulfonamides is 1. The van der Waals surface area contributed by atoms with Gasteiger partial charge in [-0.15, -0.1) is 0 Å². The summed E-state index contributed by atoms with van der Waals surface area (Å²) in [5.41, 5.74) is -0.106. The molecule has 1 aliphatic heterocycles. The topological polar surface area (TPSA) is 94.9 Å². The molecule has 20 heavy (non-hydrogen) atoms. The molecular formula is C12H14BrNO5S. The first kappa shape index (κ1) is 15.4. The second-order valence-electron chi connectivity index (χ2n) is 4.54. The zero-order valence-electron chi connectivity index (χ0n) is 10.5. The predicted molar refractivity (Wildman–Crippen MR) is 75.1 cm³/mol. The lowest BCUT2D eigenvalue weighted by atomic mass is 10.2. The van der Waals surface area contributed by atoms with Crippen LogP contribution in [0.15, 0.2) is 27.6 Å². The Bertz CT molecular complexity index is 631. The first-order valence-electron chi connectivity index (χ1n) is 6.03. The van der Waals surface area contributed by atoms with Crippen molar-refractivity contribution >= 4 is 31.9 Å². The normalized spacial score (nSPS) is 20.2. The van der Waals surface area contributed by atoms with Crippen LogP contribution >= 0.6 is 15.9 Å². The minimum Gasteiger partial charge on any atom is -0.478 e. The maximum Gasteiger partial charge on any atom is 0.336 e. The van der Waals surface area contributed by atoms with Gasteiger partial charge < -0.3 is 10.2 Å². The SMILES string of the molecule is O=C(O)c1cc(S(=O)(=O)N2CCCC2CO)ccc1Br. The fraction of sp³-hybridized carbons (Fsp3) is 0.417. The second-order valence-corrected chi connectivity index (χ2v) is 7.29. The molecule has 0 radical (unpaired) electrons. The van der Waals surface area contributed by atoms with E-state index in [4.69, 9.17) is 5.11 Å². The quantitative estimate of drug-likeness (QED) is 0.840. The van der Waals surface area contributed by atoms with Gasteiger partial charge in [0.2, 0.25) is 10.0 Å². The van der Waals surface area contributed by atoms with Gasteiger partial charge in [0.25, 0.3) is 0 Å². The number of rotatable bonds is 4. The van der Waals surface area contributed by atoms with Crippen LogP contribution in [0.4, 0.5) is 0 Å². The first-order valence-corrected chi connectivity index (χ1v) is 8.26. The van der Waals surface area contributed by atoms with Crippen LogP contribution in [-0.4, -0.2) is 48.1 Å². The lowest BCUT2D eigenvalue weighted by Crippen LogP contribution is -2.37. The third-order valence-corrected chi connectivity index (χ3v) is 5.95. The molecule has 0 bridgehead atoms. The summed E-state index contributed by atoms with van der Waals surface area (Å²) in [6, 6.07) is 3.46. The third kappa shape index (κ3) is 2.73. The Morgan fingerprint density at radius 3 is 2.75 bits per heavy atom. The molecule has 0 saturated carbocycles. The molecular weight excluding hydrogens is 350 g/mol. The number of benzene rings is 1. The number of hydrogen-bond acceptors (Lipinski definition) is 4. The first-order chi connectivity index (χ1) is 9.37. The summed E-state index contributed by atoms with van der Waals surface area (Å²) < 4.78 is 26.6. The van der Waals surface area contributed by atoms with Gasteiger partial charge in [-0.1, -0.05) is 0 Å². The van der Waals surface area contributed by atoms with Gasteiger partial charge in [-0.3, -0.25) is 0 Å². The van der Waals surface area contributed by atoms with Gasteiger partial charge in [0.1, 0.15) is 0 Å². The van der Waals surface area contributed by atoms with Gasteiger partial charge in [-0.2, -0.15) is 4.31 Å². The monoisotopic (exact) mass is 363 g/mol. The number of hydrogen-bond donors (Lipinski definition) is 2. The molecule has 1 heterocycles. The molecule has 1 saturated heterocycles. The summed E-state index contributed by atoms with van der Waals surface area (Å²) in [6.45, 7) is 0.105. The summed E-state index contributed by atoms with van der Waals surface area (Å²) in [5, 5.41) is 18.3. The van der Waals surface area contributed by atoms with Gasteiger partial charge in [0.15, 0.2) is 0 Å². The Morgan fingerprint density at radius 1 is 1.45 bits per heavy atom. The standard InChI is InChI=1S/C12H14BrNO5S/c13-11-4-3-9(6-10(11)12(16)17)20(18,19)14-5-1-2-8(14)7-15/h3-4,6,8,15H,1-2,5,7H2,(H,16,17). The van der Waals surface area contributed by atoms with Gasteiger partial charge in [-0.05, 0) is 47.0 Å². The second kappa shape index (κ2) is 5.80. The van der Waals surface area contributed by atoms with Crippen molar-refractivity contribution in [3.05, 3.63) is 28.2 Å². The third-order valence-electron chi connectivity index (χ3n) is 3.31. The van der Waals surface area contributed by atoms with E-state index < -0.39 is 22.0 Å². The van der Waals surface area contributed by atoms with Crippen LogP contribution in [0, 0.1) is 0 Å². The van der Waals surface area contributed by atoms with Crippen LogP contribution < -0.4 is 0 Å². The summed E-state index contributed by atoms with van der Waals surface area (Å²) in [5.74, 6) is -1.20. The number of carbonyl (C=O) groups is 1. The summed E-state index contributed by atoms with van der Waals surface area (Å²) >= 11 is 3.08. The molecule has 6 nitrogen and oxygen atoms in total. The van der Waals surface area contributed by atoms with Crippen LogP contribution in [0.1, 0.15) is 23.2 Å². The molecule has 2 N–H and O–H groups in total. The number of halogens is 1. The van der Waals surface area contributed by atoms with Gasteiger partial charge in [0, 0.05) is 17.1 Å². The number of nitrogens with zero attached hydrogens (tertiary/aromatic N) is 1. The van der Waals surface area contributed by atoms with Crippen molar-refractivity contribution in [3.63, 3.8) is 0 Å². The molecule has 0 spiro atoms. The Morgan fingerprint density at radius 2 is 2.15 bits per heavy atom. The average Bonchev–Trinajstić information content (AvgIpc) is 2.87. The van der Waals surface area contributed by atoms with E-state index >= 15 is 0 Å². The zero-order valence-corrected chi connectivity index (χ0v) is 12.9. The van der Waals surface area contributed by atoms with Crippen molar-refractivity contribution in [2.75, 3.05) is 13.2 Å². The van der Waals surface area contributed by atoms with Crippen LogP contribution in [0.3, 0.4) is 0 Å². The van der Waals surface area contributed by atoms with Crippen molar-refractivity contribution in [3.8, 4) is 0 Å². The maximum atomic E-state index is 12.5. The Labute approximate surface area is 125 Å². The molecule has 2 rings (SSSR count). The number of carboxylic acid groups (broad SMARTS) is 1. The van der Waals surface area contributed by atoms with E-state index in [-0.39, 0.29) is 17.1 Å². The number of aliphatic hydroxyl groups is 1. The highest BCUT2D eigenvalue weighted by molar-refractivity contribution is 9.10. The van der Waals surface area contributed by atoms with E-state index in [9.17, 15) is 18.3 Å². The van der Waals surface area contributed by atoms with Crippen LogP contribution in [-0.2, 0) is 10.0 Å². The van der Waals surface area contributed by atoms with Gasteiger partial charge in [0.05, 0.1) is 17.1 Å². The molecule has 1 aromatic rings. The van der Waals surface area contributed by atoms with Crippen molar-refractivity contribution in [2.45, 2.75) is 23.8 Å². The van der Waals surface area contributed by atoms with Crippen molar-refractivity contribution in [2.24, 2.45) is 0 Å². The highest BCUT2D eigenvalue weighted by Gasteiger charge is 2.35. The lowest BCUT2D eigenvalue weighted by molar-refractivity contribution is 0.0695. The zero-order chi connectivity index (χ0) is 14.9. The van der Waals surface area contributed by atoms with E-state index in [1.54, 1.807) is 0 Å². The van der Waals surface area contributed by atoms with E-state index in [1.165, 1.54) is 16.4 Å². The Balaban J connectivity index is 2.44. The molecule has 8 heteroatoms. The Kier molecular flexibility index (Phi) is 4.48. The lowest BCUT2D eigenvalue weighted by Gasteiger charge is -2.22.